The van der Waals surface area contributed by atoms with E-state index in [2.05, 4.69) is 163 Å². The van der Waals surface area contributed by atoms with Gasteiger partial charge in [0.25, 0.3) is 0 Å². The average Bonchev–Trinajstić information content (AvgIpc) is 3.13. The van der Waals surface area contributed by atoms with E-state index in [1.807, 2.05) is 0 Å². The van der Waals surface area contributed by atoms with Crippen LogP contribution in [0.25, 0.3) is 43.8 Å². The summed E-state index contributed by atoms with van der Waals surface area (Å²) in [5.74, 6) is 0.621. The fourth-order valence-electron chi connectivity index (χ4n) is 7.49. The summed E-state index contributed by atoms with van der Waals surface area (Å²) in [5.41, 5.74) is 10.0. The van der Waals surface area contributed by atoms with Crippen molar-refractivity contribution in [3.05, 3.63) is 163 Å². The van der Waals surface area contributed by atoms with Gasteiger partial charge in [0.05, 0.1) is 11.4 Å². The molecule has 0 unspecified atom stereocenters. The third-order valence-corrected chi connectivity index (χ3v) is 9.66. The van der Waals surface area contributed by atoms with E-state index >= 15 is 0 Å². The van der Waals surface area contributed by atoms with Gasteiger partial charge in [-0.25, -0.2) is 0 Å². The van der Waals surface area contributed by atoms with E-state index in [0.717, 1.165) is 5.69 Å². The van der Waals surface area contributed by atoms with Crippen LogP contribution in [0.5, 0.6) is 0 Å². The predicted molar refractivity (Wildman–Crippen MR) is 193 cm³/mol. The highest BCUT2D eigenvalue weighted by Gasteiger charge is 2.23. The Morgan fingerprint density at radius 3 is 1.87 bits per heavy atom. The van der Waals surface area contributed by atoms with Gasteiger partial charge in [0.1, 0.15) is 0 Å². The molecule has 1 aliphatic rings. The molecule has 1 aliphatic carbocycles. The summed E-state index contributed by atoms with van der Waals surface area (Å²) in [6.45, 7) is 0. The second-order valence-electron chi connectivity index (χ2n) is 12.3. The van der Waals surface area contributed by atoms with Crippen molar-refractivity contribution in [2.24, 2.45) is 0 Å². The standard InChI is InChI=1S/C44H37N/c1-3-14-32(15-4-1)33-28-30-37(31-29-33)45(42-27-13-19-34-18-7-8-22-38(34)42)43-26-10-9-23-40(43)41-25-12-21-36-20-11-24-39(44(36)41)35-16-5-2-6-17-35/h1,3-4,7-15,18-31,35H,2,5-6,16-17H2. The van der Waals surface area contributed by atoms with Crippen molar-refractivity contribution in [2.45, 2.75) is 38.0 Å². The molecule has 0 aliphatic heterocycles. The minimum absolute atomic E-state index is 0.621. The maximum absolute atomic E-state index is 2.47. The van der Waals surface area contributed by atoms with Gasteiger partial charge in [-0.15, -0.1) is 0 Å². The van der Waals surface area contributed by atoms with Gasteiger partial charge in [-0.05, 0) is 81.4 Å². The van der Waals surface area contributed by atoms with Crippen LogP contribution in [0.3, 0.4) is 0 Å². The molecule has 45 heavy (non-hydrogen) atoms. The summed E-state index contributed by atoms with van der Waals surface area (Å²) < 4.78 is 0. The zero-order valence-corrected chi connectivity index (χ0v) is 25.6. The lowest BCUT2D eigenvalue weighted by atomic mass is 9.80. The Hall–Kier alpha value is -5.14. The second-order valence-corrected chi connectivity index (χ2v) is 12.3. The molecular formula is C44H37N. The van der Waals surface area contributed by atoms with Gasteiger partial charge < -0.3 is 4.90 Å². The van der Waals surface area contributed by atoms with Crippen molar-refractivity contribution in [1.29, 1.82) is 0 Å². The summed E-state index contributed by atoms with van der Waals surface area (Å²) in [7, 11) is 0. The number of anilines is 3. The van der Waals surface area contributed by atoms with Crippen LogP contribution < -0.4 is 4.90 Å². The van der Waals surface area contributed by atoms with Crippen molar-refractivity contribution in [3.8, 4) is 22.3 Å². The van der Waals surface area contributed by atoms with E-state index in [0.29, 0.717) is 5.92 Å². The van der Waals surface area contributed by atoms with Gasteiger partial charge in [0, 0.05) is 16.6 Å². The molecule has 0 bridgehead atoms. The van der Waals surface area contributed by atoms with Crippen LogP contribution in [0.2, 0.25) is 0 Å². The maximum atomic E-state index is 2.47. The highest BCUT2D eigenvalue weighted by atomic mass is 15.1. The molecule has 0 radical (unpaired) electrons. The molecule has 0 heterocycles. The highest BCUT2D eigenvalue weighted by Crippen LogP contribution is 2.47. The molecule has 7 aromatic rings. The van der Waals surface area contributed by atoms with Crippen molar-refractivity contribution < 1.29 is 0 Å². The quantitative estimate of drug-likeness (QED) is 0.189. The van der Waals surface area contributed by atoms with E-state index in [1.54, 1.807) is 0 Å². The zero-order chi connectivity index (χ0) is 30.0. The lowest BCUT2D eigenvalue weighted by Crippen LogP contribution is -2.12. The Morgan fingerprint density at radius 1 is 0.422 bits per heavy atom. The molecule has 0 N–H and O–H groups in total. The molecule has 1 saturated carbocycles. The molecule has 1 nitrogen and oxygen atoms in total. The van der Waals surface area contributed by atoms with Crippen LogP contribution in [-0.4, -0.2) is 0 Å². The molecular weight excluding hydrogens is 542 g/mol. The molecule has 218 valence electrons. The molecule has 0 saturated heterocycles. The summed E-state index contributed by atoms with van der Waals surface area (Å²) in [6.07, 6.45) is 6.58. The van der Waals surface area contributed by atoms with Crippen molar-refractivity contribution >= 4 is 38.6 Å². The number of para-hydroxylation sites is 1. The predicted octanol–water partition coefficient (Wildman–Crippen LogP) is 12.8. The van der Waals surface area contributed by atoms with E-state index in [1.165, 1.54) is 92.8 Å². The average molecular weight is 580 g/mol. The normalized spacial score (nSPS) is 13.7. The van der Waals surface area contributed by atoms with E-state index < -0.39 is 0 Å². The first kappa shape index (κ1) is 27.4. The Balaban J connectivity index is 1.35. The molecule has 1 fully saturated rings. The maximum Gasteiger partial charge on any atom is 0.0540 e. The van der Waals surface area contributed by atoms with Gasteiger partial charge in [-0.1, -0.05) is 153 Å². The number of hydrogen-bond acceptors (Lipinski definition) is 1. The summed E-state index contributed by atoms with van der Waals surface area (Å²) in [6, 6.07) is 57.9. The van der Waals surface area contributed by atoms with Crippen LogP contribution in [0.15, 0.2) is 158 Å². The Kier molecular flexibility index (Phi) is 7.37. The molecule has 8 rings (SSSR count). The molecule has 0 spiro atoms. The van der Waals surface area contributed by atoms with Crippen molar-refractivity contribution in [3.63, 3.8) is 0 Å². The van der Waals surface area contributed by atoms with Gasteiger partial charge in [-0.2, -0.15) is 0 Å². The van der Waals surface area contributed by atoms with Crippen molar-refractivity contribution in [1.82, 2.24) is 0 Å². The first-order valence-corrected chi connectivity index (χ1v) is 16.4. The number of fused-ring (bicyclic) bond motifs is 2. The molecule has 0 amide bonds. The van der Waals surface area contributed by atoms with Gasteiger partial charge in [0.15, 0.2) is 0 Å². The van der Waals surface area contributed by atoms with Crippen LogP contribution in [0.4, 0.5) is 17.1 Å². The Labute approximate surface area is 266 Å². The topological polar surface area (TPSA) is 3.24 Å². The summed E-state index contributed by atoms with van der Waals surface area (Å²) in [4.78, 5) is 2.47. The minimum atomic E-state index is 0.621. The molecule has 1 heteroatoms. The largest absolute Gasteiger partial charge is 0.309 e. The molecule has 0 aromatic heterocycles. The number of benzene rings is 7. The monoisotopic (exact) mass is 579 g/mol. The number of nitrogens with zero attached hydrogens (tertiary/aromatic N) is 1. The smallest absolute Gasteiger partial charge is 0.0540 e. The Morgan fingerprint density at radius 2 is 1.02 bits per heavy atom. The Bertz CT molecular complexity index is 2070. The first-order valence-electron chi connectivity index (χ1n) is 16.4. The fourth-order valence-corrected chi connectivity index (χ4v) is 7.49. The van der Waals surface area contributed by atoms with Gasteiger partial charge >= 0.3 is 0 Å². The first-order chi connectivity index (χ1) is 22.3. The van der Waals surface area contributed by atoms with Crippen LogP contribution >= 0.6 is 0 Å². The van der Waals surface area contributed by atoms with Gasteiger partial charge in [0.2, 0.25) is 0 Å². The van der Waals surface area contributed by atoms with Crippen molar-refractivity contribution in [2.75, 3.05) is 4.90 Å². The van der Waals surface area contributed by atoms with E-state index in [-0.39, 0.29) is 0 Å². The lowest BCUT2D eigenvalue weighted by Gasteiger charge is -2.30. The minimum Gasteiger partial charge on any atom is -0.309 e. The SMILES string of the molecule is c1ccc(-c2ccc(N(c3ccccc3-c3cccc4cccc(C5CCCCC5)c34)c3cccc4ccccc34)cc2)cc1. The lowest BCUT2D eigenvalue weighted by molar-refractivity contribution is 0.445. The fraction of sp³-hybridized carbons (Fsp3) is 0.136. The second kappa shape index (κ2) is 12.1. The van der Waals surface area contributed by atoms with Gasteiger partial charge in [-0.3, -0.25) is 0 Å². The molecule has 0 atom stereocenters. The van der Waals surface area contributed by atoms with Crippen LogP contribution in [0.1, 0.15) is 43.6 Å². The van der Waals surface area contributed by atoms with E-state index in [9.17, 15) is 0 Å². The zero-order valence-electron chi connectivity index (χ0n) is 25.6. The van der Waals surface area contributed by atoms with Crippen LogP contribution in [-0.2, 0) is 0 Å². The third kappa shape index (κ3) is 5.19. The number of hydrogen-bond donors (Lipinski definition) is 0. The summed E-state index contributed by atoms with van der Waals surface area (Å²) >= 11 is 0. The molecule has 7 aromatic carbocycles. The third-order valence-electron chi connectivity index (χ3n) is 9.66. The highest BCUT2D eigenvalue weighted by molar-refractivity contribution is 6.05. The summed E-state index contributed by atoms with van der Waals surface area (Å²) in [5, 5.41) is 5.22. The van der Waals surface area contributed by atoms with E-state index in [4.69, 9.17) is 0 Å². The van der Waals surface area contributed by atoms with Crippen LogP contribution in [0, 0.1) is 0 Å². The number of rotatable bonds is 6.